The molecule has 1 fully saturated rings. The molecule has 3 unspecified atom stereocenters. The minimum atomic E-state index is -1.81. The Morgan fingerprint density at radius 3 is 1.92 bits per heavy atom. The lowest BCUT2D eigenvalue weighted by molar-refractivity contribution is -0.0957. The first-order valence-corrected chi connectivity index (χ1v) is 21.5. The van der Waals surface area contributed by atoms with E-state index in [1.807, 2.05) is 84.9 Å². The Bertz CT molecular complexity index is 2230. The minimum absolute atomic E-state index is 0.00153. The van der Waals surface area contributed by atoms with Gasteiger partial charge in [0.1, 0.15) is 41.2 Å². The molecule has 2 heterocycles. The second-order valence-electron chi connectivity index (χ2n) is 15.0. The minimum Gasteiger partial charge on any atom is -0.497 e. The lowest BCUT2D eigenvalue weighted by Crippen LogP contribution is -2.43. The number of methoxy groups -OCH3 is 3. The second kappa shape index (κ2) is 21.5. The van der Waals surface area contributed by atoms with Gasteiger partial charge in [0, 0.05) is 31.0 Å². The number of anilines is 1. The van der Waals surface area contributed by atoms with Crippen LogP contribution in [0.25, 0.3) is 0 Å². The molecular weight excluding hydrogens is 810 g/mol. The first kappa shape index (κ1) is 46.0. The highest BCUT2D eigenvalue weighted by Gasteiger charge is 2.51. The molecule has 14 nitrogen and oxygen atoms in total. The van der Waals surface area contributed by atoms with Crippen LogP contribution in [-0.4, -0.2) is 85.1 Å². The number of carbonyl (C=O) groups is 1. The summed E-state index contributed by atoms with van der Waals surface area (Å²) in [4.78, 5) is 31.0. The Labute approximate surface area is 364 Å². The van der Waals surface area contributed by atoms with Gasteiger partial charge in [-0.25, -0.2) is 9.46 Å². The van der Waals surface area contributed by atoms with Crippen molar-refractivity contribution in [2.75, 3.05) is 39.9 Å². The van der Waals surface area contributed by atoms with Crippen LogP contribution in [0.15, 0.2) is 126 Å². The van der Waals surface area contributed by atoms with E-state index in [0.29, 0.717) is 17.1 Å². The third-order valence-corrected chi connectivity index (χ3v) is 12.6. The van der Waals surface area contributed by atoms with Gasteiger partial charge in [-0.05, 0) is 86.8 Å². The van der Waals surface area contributed by atoms with Gasteiger partial charge < -0.3 is 38.0 Å². The van der Waals surface area contributed by atoms with Crippen LogP contribution >= 0.6 is 8.53 Å². The number of nitrogens with one attached hydrogen (secondary N) is 1. The molecule has 4 aromatic carbocycles. The quantitative estimate of drug-likeness (QED) is 0.0457. The standard InChI is InChI=1S/C47H54N5O9P/c1-32(2)52(33(3)4)62(59-30-14-28-48)61-42-40(60-45(43(42)57-7)51-29-27-41(50-46(51)54)49-44(53)34-15-10-8-11-16-34)31-58-47(35-17-12-9-13-18-35,36-19-23-38(55-5)24-20-36)37-21-25-39(56-6)26-22-37/h8-13,15-27,29,32-33,40,42-43,45H,14,30-31H2,1-7H3,(H,49,50,53,54)/t40-,42?,43?,45-,62?/m1/s1. The molecule has 5 atom stereocenters. The van der Waals surface area contributed by atoms with Gasteiger partial charge in [-0.3, -0.25) is 9.36 Å². The summed E-state index contributed by atoms with van der Waals surface area (Å²) in [5.41, 5.74) is 0.990. The summed E-state index contributed by atoms with van der Waals surface area (Å²) in [5.74, 6) is 1.02. The zero-order chi connectivity index (χ0) is 44.2. The first-order valence-electron chi connectivity index (χ1n) is 20.4. The summed E-state index contributed by atoms with van der Waals surface area (Å²) < 4.78 is 48.3. The third kappa shape index (κ3) is 10.4. The lowest BCUT2D eigenvalue weighted by atomic mass is 9.80. The van der Waals surface area contributed by atoms with Crippen molar-refractivity contribution in [3.8, 4) is 17.6 Å². The summed E-state index contributed by atoms with van der Waals surface area (Å²) in [6, 6.07) is 37.6. The smallest absolute Gasteiger partial charge is 0.351 e. The molecule has 326 valence electrons. The van der Waals surface area contributed by atoms with Gasteiger partial charge in [0.2, 0.25) is 0 Å². The number of hydrogen-bond donors (Lipinski definition) is 1. The predicted octanol–water partition coefficient (Wildman–Crippen LogP) is 8.10. The summed E-state index contributed by atoms with van der Waals surface area (Å²) in [5, 5.41) is 12.1. The molecule has 1 N–H and O–H groups in total. The van der Waals surface area contributed by atoms with Gasteiger partial charge in [0.05, 0.1) is 39.9 Å². The molecule has 0 aliphatic carbocycles. The van der Waals surface area contributed by atoms with Crippen LogP contribution in [-0.2, 0) is 28.9 Å². The van der Waals surface area contributed by atoms with E-state index in [1.54, 1.807) is 38.5 Å². The van der Waals surface area contributed by atoms with E-state index in [4.69, 9.17) is 32.7 Å². The Morgan fingerprint density at radius 2 is 1.40 bits per heavy atom. The number of rotatable bonds is 20. The van der Waals surface area contributed by atoms with Crippen molar-refractivity contribution in [1.82, 2.24) is 14.2 Å². The molecule has 62 heavy (non-hydrogen) atoms. The fourth-order valence-corrected chi connectivity index (χ4v) is 9.35. The topological polar surface area (TPSA) is 156 Å². The van der Waals surface area contributed by atoms with E-state index in [1.165, 1.54) is 23.9 Å². The molecule has 1 aromatic heterocycles. The van der Waals surface area contributed by atoms with Gasteiger partial charge in [-0.15, -0.1) is 0 Å². The van der Waals surface area contributed by atoms with Crippen molar-refractivity contribution in [1.29, 1.82) is 5.26 Å². The van der Waals surface area contributed by atoms with Gasteiger partial charge >= 0.3 is 5.69 Å². The molecule has 1 aliphatic heterocycles. The average Bonchev–Trinajstić information content (AvgIpc) is 3.63. The van der Waals surface area contributed by atoms with Gasteiger partial charge in [-0.2, -0.15) is 10.2 Å². The predicted molar refractivity (Wildman–Crippen MR) is 236 cm³/mol. The van der Waals surface area contributed by atoms with Crippen molar-refractivity contribution >= 4 is 20.3 Å². The summed E-state index contributed by atoms with van der Waals surface area (Å²) >= 11 is 0. The number of benzene rings is 4. The normalized spacial score (nSPS) is 18.1. The van der Waals surface area contributed by atoms with E-state index >= 15 is 0 Å². The first-order chi connectivity index (χ1) is 30.0. The van der Waals surface area contributed by atoms with Crippen molar-refractivity contribution in [2.45, 2.75) is 76.3 Å². The fourth-order valence-electron chi connectivity index (χ4n) is 7.58. The van der Waals surface area contributed by atoms with E-state index in [9.17, 15) is 14.9 Å². The number of amides is 1. The number of aromatic nitrogens is 2. The summed E-state index contributed by atoms with van der Waals surface area (Å²) in [6.45, 7) is 8.28. The number of ether oxygens (including phenoxy) is 5. The zero-order valence-corrected chi connectivity index (χ0v) is 36.9. The molecule has 6 rings (SSSR count). The Hall–Kier alpha value is -5.49. The number of nitriles is 1. The molecule has 0 saturated carbocycles. The fraction of sp³-hybridized carbons (Fsp3) is 0.362. The molecule has 1 amide bonds. The van der Waals surface area contributed by atoms with Gasteiger partial charge in [-0.1, -0.05) is 72.8 Å². The highest BCUT2D eigenvalue weighted by atomic mass is 31.2. The van der Waals surface area contributed by atoms with Crippen LogP contribution in [0, 0.1) is 11.3 Å². The van der Waals surface area contributed by atoms with Crippen molar-refractivity contribution in [2.24, 2.45) is 0 Å². The van der Waals surface area contributed by atoms with E-state index < -0.39 is 50.3 Å². The largest absolute Gasteiger partial charge is 0.497 e. The summed E-state index contributed by atoms with van der Waals surface area (Å²) in [7, 11) is 2.95. The molecule has 15 heteroatoms. The van der Waals surface area contributed by atoms with Crippen molar-refractivity contribution in [3.05, 3.63) is 154 Å². The molecule has 0 spiro atoms. The highest BCUT2D eigenvalue weighted by Crippen LogP contribution is 2.51. The van der Waals surface area contributed by atoms with E-state index in [-0.39, 0.29) is 37.5 Å². The number of hydrogen-bond acceptors (Lipinski definition) is 12. The monoisotopic (exact) mass is 863 g/mol. The molecule has 5 aromatic rings. The third-order valence-electron chi connectivity index (χ3n) is 10.5. The van der Waals surface area contributed by atoms with Crippen LogP contribution in [0.4, 0.5) is 5.82 Å². The van der Waals surface area contributed by atoms with Gasteiger partial charge in [0.25, 0.3) is 14.4 Å². The molecular formula is C47H54N5O9P. The molecule has 1 aliphatic rings. The maximum absolute atomic E-state index is 13.9. The lowest BCUT2D eigenvalue weighted by Gasteiger charge is -2.39. The second-order valence-corrected chi connectivity index (χ2v) is 16.4. The summed E-state index contributed by atoms with van der Waals surface area (Å²) in [6.07, 6.45) is -1.99. The number of carbonyl (C=O) groups excluding carboxylic acids is 1. The van der Waals surface area contributed by atoms with Crippen LogP contribution in [0.2, 0.25) is 0 Å². The van der Waals surface area contributed by atoms with Crippen LogP contribution < -0.4 is 20.5 Å². The SMILES string of the molecule is COc1ccc(C(OC[C@H]2O[C@@H](n3ccc(NC(=O)c4ccccc4)nc3=O)C(OC)C2OP(OCCC#N)N(C(C)C)C(C)C)(c2ccccc2)c2ccc(OC)cc2)cc1. The Kier molecular flexibility index (Phi) is 16.0. The average molecular weight is 864 g/mol. The Balaban J connectivity index is 1.44. The van der Waals surface area contributed by atoms with Gasteiger partial charge in [0.15, 0.2) is 6.23 Å². The van der Waals surface area contributed by atoms with E-state index in [0.717, 1.165) is 16.7 Å². The van der Waals surface area contributed by atoms with Crippen LogP contribution in [0.5, 0.6) is 11.5 Å². The highest BCUT2D eigenvalue weighted by molar-refractivity contribution is 7.44. The van der Waals surface area contributed by atoms with Crippen LogP contribution in [0.3, 0.4) is 0 Å². The van der Waals surface area contributed by atoms with Crippen LogP contribution in [0.1, 0.15) is 67.4 Å². The Morgan fingerprint density at radius 1 is 0.839 bits per heavy atom. The van der Waals surface area contributed by atoms with Crippen molar-refractivity contribution in [3.63, 3.8) is 0 Å². The molecule has 0 radical (unpaired) electrons. The molecule has 0 bridgehead atoms. The number of nitrogens with zero attached hydrogens (tertiary/aromatic N) is 4. The molecule has 1 saturated heterocycles. The maximum Gasteiger partial charge on any atom is 0.351 e. The van der Waals surface area contributed by atoms with Crippen molar-refractivity contribution < 1.29 is 37.5 Å². The zero-order valence-electron chi connectivity index (χ0n) is 36.0. The van der Waals surface area contributed by atoms with E-state index in [2.05, 4.69) is 48.7 Å². The maximum atomic E-state index is 13.9.